The molecule has 0 fully saturated rings. The molecule has 4 radical (unpaired) electrons. The fourth-order valence-electron chi connectivity index (χ4n) is 1.36. The van der Waals surface area contributed by atoms with E-state index in [9.17, 15) is 0 Å². The van der Waals surface area contributed by atoms with Crippen molar-refractivity contribution in [1.29, 1.82) is 0 Å². The van der Waals surface area contributed by atoms with E-state index in [1.54, 1.807) is 18.2 Å². The van der Waals surface area contributed by atoms with E-state index in [4.69, 9.17) is 32.9 Å². The highest BCUT2D eigenvalue weighted by molar-refractivity contribution is 6.39. The predicted molar refractivity (Wildman–Crippen MR) is 73.2 cm³/mol. The van der Waals surface area contributed by atoms with E-state index in [-0.39, 0.29) is 11.9 Å². The van der Waals surface area contributed by atoms with Crippen LogP contribution in [0.2, 0.25) is 0 Å². The Balaban J connectivity index is 2.66. The van der Waals surface area contributed by atoms with Crippen LogP contribution in [0.4, 0.5) is 0 Å². The molecule has 0 saturated heterocycles. The Morgan fingerprint density at radius 1 is 1.12 bits per heavy atom. The lowest BCUT2D eigenvalue weighted by Gasteiger charge is -2.08. The first-order valence-electron chi connectivity index (χ1n) is 5.03. The zero-order valence-electron chi connectivity index (χ0n) is 9.43. The summed E-state index contributed by atoms with van der Waals surface area (Å²) in [6.45, 7) is 0.418. The summed E-state index contributed by atoms with van der Waals surface area (Å²) in [5.74, 6) is -0.0805. The van der Waals surface area contributed by atoms with Gasteiger partial charge >= 0.3 is 0 Å². The molecule has 0 atom stereocenters. The summed E-state index contributed by atoms with van der Waals surface area (Å²) in [6, 6.07) is 5.37. The number of benzene rings is 1. The molecule has 0 unspecified atom stereocenters. The number of aliphatic imine (C=N–C) groups is 2. The Morgan fingerprint density at radius 3 is 2.24 bits per heavy atom. The molecular formula is C10H13B2N5. The van der Waals surface area contributed by atoms with Crippen molar-refractivity contribution >= 4 is 38.5 Å². The molecule has 0 aliphatic heterocycles. The largest absolute Gasteiger partial charge is 0.370 e. The van der Waals surface area contributed by atoms with Crippen molar-refractivity contribution in [2.24, 2.45) is 27.2 Å². The van der Waals surface area contributed by atoms with Gasteiger partial charge in [-0.25, -0.2) is 0 Å². The van der Waals surface area contributed by atoms with Crippen LogP contribution in [0.5, 0.6) is 0 Å². The Labute approximate surface area is 103 Å². The SMILES string of the molecule is [B]c1cccc([B])c1CCN=C(N)N=C(N)N. The summed E-state index contributed by atoms with van der Waals surface area (Å²) in [4.78, 5) is 7.57. The molecule has 84 valence electrons. The van der Waals surface area contributed by atoms with Gasteiger partial charge in [-0.1, -0.05) is 34.7 Å². The minimum Gasteiger partial charge on any atom is -0.370 e. The first-order chi connectivity index (χ1) is 8.00. The Kier molecular flexibility index (Phi) is 4.63. The molecule has 7 heteroatoms. The van der Waals surface area contributed by atoms with Crippen molar-refractivity contribution < 1.29 is 0 Å². The zero-order valence-corrected chi connectivity index (χ0v) is 9.43. The van der Waals surface area contributed by atoms with Gasteiger partial charge in [-0.3, -0.25) is 4.99 Å². The summed E-state index contributed by atoms with van der Waals surface area (Å²) in [6.07, 6.45) is 0.583. The Morgan fingerprint density at radius 2 is 1.71 bits per heavy atom. The molecule has 0 heterocycles. The predicted octanol–water partition coefficient (Wildman–Crippen LogP) is -2.60. The van der Waals surface area contributed by atoms with Crippen molar-refractivity contribution in [3.63, 3.8) is 0 Å². The van der Waals surface area contributed by atoms with Gasteiger partial charge in [0.25, 0.3) is 0 Å². The van der Waals surface area contributed by atoms with Gasteiger partial charge in [0.2, 0.25) is 5.96 Å². The molecule has 5 nitrogen and oxygen atoms in total. The average molecular weight is 225 g/mol. The highest BCUT2D eigenvalue weighted by Crippen LogP contribution is 1.93. The number of nitrogens with two attached hydrogens (primary N) is 3. The van der Waals surface area contributed by atoms with Crippen LogP contribution in [-0.4, -0.2) is 34.2 Å². The molecule has 1 aromatic carbocycles. The molecule has 0 amide bonds. The number of hydrogen-bond donors (Lipinski definition) is 3. The minimum absolute atomic E-state index is 0.0399. The van der Waals surface area contributed by atoms with Crippen molar-refractivity contribution in [2.45, 2.75) is 6.42 Å². The standard InChI is InChI=1S/C10H13B2N5/c11-7-2-1-3-8(12)6(7)4-5-16-10(15)17-9(13)14/h1-3H,4-5H2,(H6,13,14,15,16,17). The summed E-state index contributed by atoms with van der Waals surface area (Å²) >= 11 is 0. The summed E-state index contributed by atoms with van der Waals surface area (Å²) in [7, 11) is 11.6. The van der Waals surface area contributed by atoms with Gasteiger partial charge in [0, 0.05) is 6.54 Å². The quantitative estimate of drug-likeness (QED) is 0.298. The second-order valence-corrected chi connectivity index (χ2v) is 3.44. The van der Waals surface area contributed by atoms with Crippen LogP contribution in [0.15, 0.2) is 28.2 Å². The van der Waals surface area contributed by atoms with E-state index in [1.807, 2.05) is 0 Å². The maximum Gasteiger partial charge on any atom is 0.218 e. The fourth-order valence-corrected chi connectivity index (χ4v) is 1.36. The van der Waals surface area contributed by atoms with Crippen LogP contribution < -0.4 is 28.1 Å². The normalized spacial score (nSPS) is 11.2. The topological polar surface area (TPSA) is 103 Å². The smallest absolute Gasteiger partial charge is 0.218 e. The van der Waals surface area contributed by atoms with E-state index in [0.717, 1.165) is 5.56 Å². The molecule has 1 aromatic rings. The van der Waals surface area contributed by atoms with Crippen LogP contribution in [0, 0.1) is 0 Å². The highest BCUT2D eigenvalue weighted by Gasteiger charge is 2.00. The minimum atomic E-state index is -0.120. The molecule has 0 bridgehead atoms. The van der Waals surface area contributed by atoms with Crippen LogP contribution in [0.1, 0.15) is 5.56 Å². The third kappa shape index (κ3) is 4.22. The van der Waals surface area contributed by atoms with E-state index in [1.165, 1.54) is 0 Å². The summed E-state index contributed by atoms with van der Waals surface area (Å²) in [5, 5.41) is 0. The van der Waals surface area contributed by atoms with Gasteiger partial charge in [-0.05, 0) is 6.42 Å². The van der Waals surface area contributed by atoms with Crippen LogP contribution in [0.25, 0.3) is 0 Å². The van der Waals surface area contributed by atoms with Gasteiger partial charge in [0.05, 0.1) is 0 Å². The lowest BCUT2D eigenvalue weighted by Crippen LogP contribution is -2.27. The molecule has 1 rings (SSSR count). The van der Waals surface area contributed by atoms with Gasteiger partial charge < -0.3 is 17.2 Å². The van der Waals surface area contributed by atoms with Crippen molar-refractivity contribution in [3.05, 3.63) is 23.8 Å². The zero-order chi connectivity index (χ0) is 12.8. The van der Waals surface area contributed by atoms with Gasteiger partial charge in [0.15, 0.2) is 5.96 Å². The maximum absolute atomic E-state index is 5.79. The van der Waals surface area contributed by atoms with E-state index in [2.05, 4.69) is 9.98 Å². The van der Waals surface area contributed by atoms with E-state index in [0.29, 0.717) is 23.9 Å². The van der Waals surface area contributed by atoms with Crippen molar-refractivity contribution in [2.75, 3.05) is 6.54 Å². The second-order valence-electron chi connectivity index (χ2n) is 3.44. The summed E-state index contributed by atoms with van der Waals surface area (Å²) < 4.78 is 0. The molecule has 0 aliphatic rings. The highest BCUT2D eigenvalue weighted by atomic mass is 15.1. The Bertz CT molecular complexity index is 432. The van der Waals surface area contributed by atoms with Gasteiger partial charge in [-0.2, -0.15) is 4.99 Å². The number of rotatable bonds is 3. The number of hydrogen-bond acceptors (Lipinski definition) is 1. The van der Waals surface area contributed by atoms with Crippen LogP contribution in [0.3, 0.4) is 0 Å². The lowest BCUT2D eigenvalue weighted by molar-refractivity contribution is 0.973. The average Bonchev–Trinajstić information content (AvgIpc) is 2.21. The van der Waals surface area contributed by atoms with E-state index < -0.39 is 0 Å². The van der Waals surface area contributed by atoms with Crippen LogP contribution in [-0.2, 0) is 6.42 Å². The molecule has 6 N–H and O–H groups in total. The first-order valence-corrected chi connectivity index (χ1v) is 5.03. The molecule has 0 spiro atoms. The Hall–Kier alpha value is -1.91. The van der Waals surface area contributed by atoms with Gasteiger partial charge in [0.1, 0.15) is 15.7 Å². The van der Waals surface area contributed by atoms with Crippen molar-refractivity contribution in [1.82, 2.24) is 0 Å². The number of nitrogens with zero attached hydrogens (tertiary/aromatic N) is 2. The molecule has 17 heavy (non-hydrogen) atoms. The molecular weight excluding hydrogens is 212 g/mol. The first kappa shape index (κ1) is 13.2. The fraction of sp³-hybridized carbons (Fsp3) is 0.200. The maximum atomic E-state index is 5.79. The lowest BCUT2D eigenvalue weighted by atomic mass is 9.80. The molecule has 0 saturated carbocycles. The second kappa shape index (κ2) is 5.98. The monoisotopic (exact) mass is 225 g/mol. The number of guanidine groups is 2. The molecule has 0 aliphatic carbocycles. The van der Waals surface area contributed by atoms with Crippen LogP contribution >= 0.6 is 0 Å². The van der Waals surface area contributed by atoms with Gasteiger partial charge in [-0.15, -0.1) is 0 Å². The molecule has 0 aromatic heterocycles. The third-order valence-corrected chi connectivity index (χ3v) is 2.13. The van der Waals surface area contributed by atoms with Crippen molar-refractivity contribution in [3.8, 4) is 0 Å². The summed E-state index contributed by atoms with van der Waals surface area (Å²) in [5.41, 5.74) is 17.9. The van der Waals surface area contributed by atoms with E-state index >= 15 is 0 Å². The third-order valence-electron chi connectivity index (χ3n) is 2.13.